The molecule has 0 aromatic carbocycles. The lowest BCUT2D eigenvalue weighted by Crippen LogP contribution is -2.15. The summed E-state index contributed by atoms with van der Waals surface area (Å²) in [6.07, 6.45) is 3.36. The number of anilines is 3. The van der Waals surface area contributed by atoms with Crippen LogP contribution in [0.3, 0.4) is 0 Å². The van der Waals surface area contributed by atoms with Crippen molar-refractivity contribution < 1.29 is 9.53 Å². The van der Waals surface area contributed by atoms with Crippen LogP contribution in [-0.2, 0) is 4.74 Å². The van der Waals surface area contributed by atoms with E-state index in [-0.39, 0.29) is 6.61 Å². The fourth-order valence-electron chi connectivity index (χ4n) is 2.55. The van der Waals surface area contributed by atoms with Gasteiger partial charge >= 0.3 is 6.09 Å². The van der Waals surface area contributed by atoms with E-state index in [0.717, 1.165) is 28.5 Å². The van der Waals surface area contributed by atoms with Crippen LogP contribution in [0.5, 0.6) is 0 Å². The fourth-order valence-corrected chi connectivity index (χ4v) is 2.55. The van der Waals surface area contributed by atoms with Crippen molar-refractivity contribution in [3.63, 3.8) is 0 Å². The van der Waals surface area contributed by atoms with Gasteiger partial charge in [0.15, 0.2) is 0 Å². The van der Waals surface area contributed by atoms with E-state index >= 15 is 0 Å². The average molecular weight is 378 g/mol. The molecule has 8 nitrogen and oxygen atoms in total. The Kier molecular flexibility index (Phi) is 6.35. The second-order valence-electron chi connectivity index (χ2n) is 6.13. The molecular formula is C20H22N6O2. The van der Waals surface area contributed by atoms with Crippen LogP contribution in [-0.4, -0.2) is 34.2 Å². The van der Waals surface area contributed by atoms with E-state index in [1.165, 1.54) is 0 Å². The van der Waals surface area contributed by atoms with Crippen molar-refractivity contribution in [2.75, 3.05) is 23.8 Å². The molecule has 0 spiro atoms. The van der Waals surface area contributed by atoms with Crippen molar-refractivity contribution in [3.05, 3.63) is 60.4 Å². The fraction of sp³-hybridized carbons (Fsp3) is 0.200. The maximum Gasteiger partial charge on any atom is 0.404 e. The Morgan fingerprint density at radius 3 is 2.71 bits per heavy atom. The van der Waals surface area contributed by atoms with E-state index in [1.54, 1.807) is 12.4 Å². The number of aryl methyl sites for hydroxylation is 1. The molecule has 0 unspecified atom stereocenters. The Hall–Kier alpha value is -3.68. The number of primary amides is 1. The predicted octanol–water partition coefficient (Wildman–Crippen LogP) is 3.49. The highest BCUT2D eigenvalue weighted by Gasteiger charge is 2.04. The third-order valence-electron chi connectivity index (χ3n) is 3.85. The minimum atomic E-state index is -0.763. The number of carbonyl (C=O) groups is 1. The summed E-state index contributed by atoms with van der Waals surface area (Å²) in [7, 11) is 0. The lowest BCUT2D eigenvalue weighted by atomic mass is 10.1. The third-order valence-corrected chi connectivity index (χ3v) is 3.85. The maximum absolute atomic E-state index is 10.5. The van der Waals surface area contributed by atoms with Crippen LogP contribution in [0.2, 0.25) is 0 Å². The van der Waals surface area contributed by atoms with Gasteiger partial charge in [-0.25, -0.2) is 19.7 Å². The number of nitrogens with zero attached hydrogens (tertiary/aromatic N) is 3. The Bertz CT molecular complexity index is 947. The zero-order valence-corrected chi connectivity index (χ0v) is 15.6. The van der Waals surface area contributed by atoms with Gasteiger partial charge in [0.05, 0.1) is 12.3 Å². The first-order valence-corrected chi connectivity index (χ1v) is 8.89. The smallest absolute Gasteiger partial charge is 0.404 e. The van der Waals surface area contributed by atoms with Crippen molar-refractivity contribution in [1.29, 1.82) is 0 Å². The highest BCUT2D eigenvalue weighted by molar-refractivity contribution is 5.66. The van der Waals surface area contributed by atoms with Crippen LogP contribution in [0.4, 0.5) is 22.2 Å². The lowest BCUT2D eigenvalue weighted by Gasteiger charge is -2.09. The van der Waals surface area contributed by atoms with Gasteiger partial charge in [-0.1, -0.05) is 6.07 Å². The van der Waals surface area contributed by atoms with Crippen molar-refractivity contribution in [2.45, 2.75) is 13.3 Å². The van der Waals surface area contributed by atoms with Crippen LogP contribution in [0, 0.1) is 6.92 Å². The van der Waals surface area contributed by atoms with Gasteiger partial charge in [-0.2, -0.15) is 0 Å². The van der Waals surface area contributed by atoms with Gasteiger partial charge in [0, 0.05) is 24.5 Å². The number of amides is 1. The molecule has 0 aliphatic carbocycles. The number of nitrogens with two attached hydrogens (primary N) is 1. The molecule has 1 amide bonds. The van der Waals surface area contributed by atoms with Crippen molar-refractivity contribution in [1.82, 2.24) is 15.0 Å². The number of aromatic nitrogens is 3. The first kappa shape index (κ1) is 19.1. The van der Waals surface area contributed by atoms with Gasteiger partial charge in [-0.3, -0.25) is 0 Å². The number of hydrogen-bond acceptors (Lipinski definition) is 7. The number of ether oxygens (including phenoxy) is 1. The Morgan fingerprint density at radius 1 is 1.07 bits per heavy atom. The van der Waals surface area contributed by atoms with E-state index in [9.17, 15) is 4.79 Å². The minimum absolute atomic E-state index is 0.268. The molecule has 0 fully saturated rings. The second kappa shape index (κ2) is 9.31. The first-order chi connectivity index (χ1) is 13.6. The monoisotopic (exact) mass is 378 g/mol. The zero-order valence-electron chi connectivity index (χ0n) is 15.6. The Balaban J connectivity index is 1.65. The van der Waals surface area contributed by atoms with Crippen molar-refractivity contribution in [2.24, 2.45) is 5.73 Å². The molecule has 3 aromatic heterocycles. The van der Waals surface area contributed by atoms with Crippen LogP contribution < -0.4 is 16.4 Å². The summed E-state index contributed by atoms with van der Waals surface area (Å²) in [4.78, 5) is 23.8. The topological polar surface area (TPSA) is 115 Å². The number of nitrogens with one attached hydrogen (secondary N) is 2. The summed E-state index contributed by atoms with van der Waals surface area (Å²) in [5, 5.41) is 6.41. The average Bonchev–Trinajstić information content (AvgIpc) is 2.68. The standard InChI is InChI=1S/C20H22N6O2/c1-14-6-9-24-19(12-14)26-17-5-2-4-16(25-17)15-7-10-23-18(13-15)22-8-3-11-28-20(21)27/h2,4-7,9-10,12-13H,3,8,11H2,1H3,(H2,21,27)(H,22,23)(H,24,25,26). The molecule has 0 aliphatic heterocycles. The molecule has 0 radical (unpaired) electrons. The Labute approximate surface area is 163 Å². The summed E-state index contributed by atoms with van der Waals surface area (Å²) in [5.41, 5.74) is 7.81. The molecule has 0 aliphatic rings. The van der Waals surface area contributed by atoms with E-state index in [4.69, 9.17) is 10.5 Å². The van der Waals surface area contributed by atoms with Gasteiger partial charge in [0.2, 0.25) is 0 Å². The molecule has 0 saturated carbocycles. The summed E-state index contributed by atoms with van der Waals surface area (Å²) < 4.78 is 4.70. The molecule has 8 heteroatoms. The van der Waals surface area contributed by atoms with Crippen LogP contribution in [0.25, 0.3) is 11.3 Å². The van der Waals surface area contributed by atoms with Crippen molar-refractivity contribution in [3.8, 4) is 11.3 Å². The molecule has 0 atom stereocenters. The highest BCUT2D eigenvalue weighted by Crippen LogP contribution is 2.22. The first-order valence-electron chi connectivity index (χ1n) is 8.89. The van der Waals surface area contributed by atoms with Gasteiger partial charge in [0.1, 0.15) is 17.5 Å². The SMILES string of the molecule is Cc1ccnc(Nc2cccc(-c3ccnc(NCCCOC(N)=O)c3)n2)c1. The van der Waals surface area contributed by atoms with E-state index in [2.05, 4.69) is 25.6 Å². The molecule has 28 heavy (non-hydrogen) atoms. The van der Waals surface area contributed by atoms with E-state index in [1.807, 2.05) is 49.4 Å². The van der Waals surface area contributed by atoms with E-state index in [0.29, 0.717) is 18.8 Å². The maximum atomic E-state index is 10.5. The number of rotatable bonds is 8. The molecule has 3 rings (SSSR count). The summed E-state index contributed by atoms with van der Waals surface area (Å²) in [6, 6.07) is 13.5. The number of carbonyl (C=O) groups excluding carboxylic acids is 1. The number of pyridine rings is 3. The predicted molar refractivity (Wildman–Crippen MR) is 108 cm³/mol. The van der Waals surface area contributed by atoms with Gasteiger partial charge in [0.25, 0.3) is 0 Å². The molecule has 3 heterocycles. The molecule has 0 bridgehead atoms. The largest absolute Gasteiger partial charge is 0.450 e. The quantitative estimate of drug-likeness (QED) is 0.514. The zero-order chi connectivity index (χ0) is 19.8. The summed E-state index contributed by atoms with van der Waals surface area (Å²) in [5.74, 6) is 2.18. The molecule has 4 N–H and O–H groups in total. The molecular weight excluding hydrogens is 356 g/mol. The van der Waals surface area contributed by atoms with Crippen molar-refractivity contribution >= 4 is 23.5 Å². The molecule has 0 saturated heterocycles. The second-order valence-corrected chi connectivity index (χ2v) is 6.13. The summed E-state index contributed by atoms with van der Waals surface area (Å²) in [6.45, 7) is 2.89. The normalized spacial score (nSPS) is 10.3. The van der Waals surface area contributed by atoms with Gasteiger partial charge in [-0.05, 0) is 55.3 Å². The van der Waals surface area contributed by atoms with E-state index < -0.39 is 6.09 Å². The van der Waals surface area contributed by atoms with Gasteiger partial charge < -0.3 is 21.1 Å². The lowest BCUT2D eigenvalue weighted by molar-refractivity contribution is 0.156. The number of hydrogen-bond donors (Lipinski definition) is 3. The molecule has 3 aromatic rings. The third kappa shape index (κ3) is 5.66. The van der Waals surface area contributed by atoms with Crippen LogP contribution >= 0.6 is 0 Å². The van der Waals surface area contributed by atoms with Gasteiger partial charge in [-0.15, -0.1) is 0 Å². The van der Waals surface area contributed by atoms with Crippen LogP contribution in [0.1, 0.15) is 12.0 Å². The summed E-state index contributed by atoms with van der Waals surface area (Å²) >= 11 is 0. The Morgan fingerprint density at radius 2 is 1.89 bits per heavy atom. The molecule has 144 valence electrons. The minimum Gasteiger partial charge on any atom is -0.450 e. The highest BCUT2D eigenvalue weighted by atomic mass is 16.5. The van der Waals surface area contributed by atoms with Crippen LogP contribution in [0.15, 0.2) is 54.9 Å².